The SMILES string of the molecule is COC(=O)NC1CCCCC1C#N. The van der Waals surface area contributed by atoms with Gasteiger partial charge in [0.2, 0.25) is 0 Å². The molecule has 1 aliphatic carbocycles. The normalized spacial score (nSPS) is 27.4. The van der Waals surface area contributed by atoms with Crippen molar-refractivity contribution in [1.29, 1.82) is 5.26 Å². The number of carbonyl (C=O) groups is 1. The Morgan fingerprint density at radius 2 is 2.23 bits per heavy atom. The second kappa shape index (κ2) is 4.70. The van der Waals surface area contributed by atoms with Gasteiger partial charge in [0, 0.05) is 6.04 Å². The summed E-state index contributed by atoms with van der Waals surface area (Å²) in [7, 11) is 1.33. The van der Waals surface area contributed by atoms with Gasteiger partial charge in [-0.15, -0.1) is 0 Å². The molecule has 0 heterocycles. The number of hydrogen-bond donors (Lipinski definition) is 1. The van der Waals surface area contributed by atoms with E-state index in [1.54, 1.807) is 0 Å². The molecule has 0 aliphatic heterocycles. The zero-order chi connectivity index (χ0) is 9.68. The number of methoxy groups -OCH3 is 1. The van der Waals surface area contributed by atoms with Crippen molar-refractivity contribution in [3.63, 3.8) is 0 Å². The van der Waals surface area contributed by atoms with Crippen molar-refractivity contribution in [2.45, 2.75) is 31.7 Å². The largest absolute Gasteiger partial charge is 0.453 e. The predicted octanol–water partition coefficient (Wildman–Crippen LogP) is 1.42. The Hall–Kier alpha value is -1.24. The van der Waals surface area contributed by atoms with E-state index in [9.17, 15) is 4.79 Å². The maximum atomic E-state index is 10.9. The zero-order valence-corrected chi connectivity index (χ0v) is 7.75. The molecule has 0 spiro atoms. The molecule has 0 aromatic rings. The molecule has 1 amide bonds. The minimum atomic E-state index is -0.438. The van der Waals surface area contributed by atoms with Gasteiger partial charge in [-0.2, -0.15) is 5.26 Å². The summed E-state index contributed by atoms with van der Waals surface area (Å²) in [6, 6.07) is 2.19. The van der Waals surface area contributed by atoms with Crippen molar-refractivity contribution >= 4 is 6.09 Å². The van der Waals surface area contributed by atoms with E-state index in [0.717, 1.165) is 25.7 Å². The van der Waals surface area contributed by atoms with Crippen molar-refractivity contribution in [3.05, 3.63) is 0 Å². The van der Waals surface area contributed by atoms with Crippen LogP contribution in [0.15, 0.2) is 0 Å². The van der Waals surface area contributed by atoms with E-state index in [-0.39, 0.29) is 12.0 Å². The van der Waals surface area contributed by atoms with Crippen LogP contribution in [0.3, 0.4) is 0 Å². The standard InChI is InChI=1S/C9H14N2O2/c1-13-9(12)11-8-5-3-2-4-7(8)6-10/h7-8H,2-5H2,1H3,(H,11,12). The van der Waals surface area contributed by atoms with Crippen LogP contribution < -0.4 is 5.32 Å². The molecule has 0 radical (unpaired) electrons. The van der Waals surface area contributed by atoms with E-state index in [4.69, 9.17) is 5.26 Å². The van der Waals surface area contributed by atoms with Gasteiger partial charge in [-0.3, -0.25) is 0 Å². The van der Waals surface area contributed by atoms with Crippen LogP contribution in [0.2, 0.25) is 0 Å². The molecule has 13 heavy (non-hydrogen) atoms. The monoisotopic (exact) mass is 182 g/mol. The summed E-state index contributed by atoms with van der Waals surface area (Å²) in [5, 5.41) is 11.5. The first-order chi connectivity index (χ1) is 6.27. The number of ether oxygens (including phenoxy) is 1. The Bertz CT molecular complexity index is 222. The van der Waals surface area contributed by atoms with E-state index < -0.39 is 6.09 Å². The lowest BCUT2D eigenvalue weighted by molar-refractivity contribution is 0.159. The van der Waals surface area contributed by atoms with Crippen molar-refractivity contribution in [2.75, 3.05) is 7.11 Å². The van der Waals surface area contributed by atoms with E-state index in [1.165, 1.54) is 7.11 Å². The Labute approximate surface area is 77.9 Å². The molecule has 4 nitrogen and oxygen atoms in total. The fourth-order valence-electron chi connectivity index (χ4n) is 1.67. The topological polar surface area (TPSA) is 62.1 Å². The summed E-state index contributed by atoms with van der Waals surface area (Å²) in [6.07, 6.45) is 3.48. The van der Waals surface area contributed by atoms with Gasteiger partial charge in [0.15, 0.2) is 0 Å². The molecule has 0 aromatic heterocycles. The highest BCUT2D eigenvalue weighted by Crippen LogP contribution is 2.23. The average Bonchev–Trinajstić information content (AvgIpc) is 2.18. The molecule has 1 N–H and O–H groups in total. The maximum Gasteiger partial charge on any atom is 0.407 e. The maximum absolute atomic E-state index is 10.9. The molecule has 72 valence electrons. The van der Waals surface area contributed by atoms with Crippen LogP contribution >= 0.6 is 0 Å². The first-order valence-electron chi connectivity index (χ1n) is 4.52. The van der Waals surface area contributed by atoms with Gasteiger partial charge in [0.25, 0.3) is 0 Å². The number of amides is 1. The van der Waals surface area contributed by atoms with Crippen LogP contribution in [-0.4, -0.2) is 19.2 Å². The number of carbonyl (C=O) groups excluding carboxylic acids is 1. The summed E-state index contributed by atoms with van der Waals surface area (Å²) in [5.74, 6) is -0.0483. The van der Waals surface area contributed by atoms with Crippen LogP contribution in [0, 0.1) is 17.2 Å². The lowest BCUT2D eigenvalue weighted by Gasteiger charge is -2.26. The predicted molar refractivity (Wildman–Crippen MR) is 46.9 cm³/mol. The Kier molecular flexibility index (Phi) is 3.56. The van der Waals surface area contributed by atoms with Gasteiger partial charge >= 0.3 is 6.09 Å². The molecular formula is C9H14N2O2. The zero-order valence-electron chi connectivity index (χ0n) is 7.75. The summed E-state index contributed by atoms with van der Waals surface area (Å²) >= 11 is 0. The Morgan fingerprint density at radius 3 is 2.85 bits per heavy atom. The second-order valence-electron chi connectivity index (χ2n) is 3.26. The number of nitriles is 1. The van der Waals surface area contributed by atoms with Crippen LogP contribution in [-0.2, 0) is 4.74 Å². The molecule has 1 aliphatic rings. The summed E-state index contributed by atoms with van der Waals surface area (Å²) < 4.78 is 4.49. The third-order valence-corrected chi connectivity index (χ3v) is 2.42. The molecule has 0 saturated heterocycles. The first kappa shape index (κ1) is 9.85. The molecule has 4 heteroatoms. The van der Waals surface area contributed by atoms with Crippen LogP contribution in [0.25, 0.3) is 0 Å². The van der Waals surface area contributed by atoms with Crippen LogP contribution in [0.5, 0.6) is 0 Å². The van der Waals surface area contributed by atoms with Crippen molar-refractivity contribution in [2.24, 2.45) is 5.92 Å². The Balaban J connectivity index is 2.46. The van der Waals surface area contributed by atoms with E-state index in [2.05, 4.69) is 16.1 Å². The van der Waals surface area contributed by atoms with E-state index in [1.807, 2.05) is 0 Å². The number of nitrogens with one attached hydrogen (secondary N) is 1. The minimum absolute atomic E-state index is 0.0220. The van der Waals surface area contributed by atoms with Crippen molar-refractivity contribution in [3.8, 4) is 6.07 Å². The highest BCUT2D eigenvalue weighted by Gasteiger charge is 2.26. The summed E-state index contributed by atoms with van der Waals surface area (Å²) in [5.41, 5.74) is 0. The third-order valence-electron chi connectivity index (χ3n) is 2.42. The lowest BCUT2D eigenvalue weighted by atomic mass is 9.86. The molecular weight excluding hydrogens is 168 g/mol. The molecule has 0 aromatic carbocycles. The van der Waals surface area contributed by atoms with Crippen molar-refractivity contribution < 1.29 is 9.53 Å². The Morgan fingerprint density at radius 1 is 1.54 bits per heavy atom. The highest BCUT2D eigenvalue weighted by molar-refractivity contribution is 5.67. The third kappa shape index (κ3) is 2.62. The fourth-order valence-corrected chi connectivity index (χ4v) is 1.67. The molecule has 2 unspecified atom stereocenters. The first-order valence-corrected chi connectivity index (χ1v) is 4.52. The molecule has 2 atom stereocenters. The van der Waals surface area contributed by atoms with Crippen LogP contribution in [0.1, 0.15) is 25.7 Å². The van der Waals surface area contributed by atoms with Crippen LogP contribution in [0.4, 0.5) is 4.79 Å². The van der Waals surface area contributed by atoms with Gasteiger partial charge in [-0.25, -0.2) is 4.79 Å². The summed E-state index contributed by atoms with van der Waals surface area (Å²) in [4.78, 5) is 10.9. The van der Waals surface area contributed by atoms with Gasteiger partial charge in [-0.05, 0) is 12.8 Å². The molecule has 1 rings (SSSR count). The molecule has 0 bridgehead atoms. The average molecular weight is 182 g/mol. The number of alkyl carbamates (subject to hydrolysis) is 1. The van der Waals surface area contributed by atoms with Gasteiger partial charge < -0.3 is 10.1 Å². The van der Waals surface area contributed by atoms with E-state index >= 15 is 0 Å². The lowest BCUT2D eigenvalue weighted by Crippen LogP contribution is -2.41. The number of nitrogens with zero attached hydrogens (tertiary/aromatic N) is 1. The number of rotatable bonds is 1. The molecule has 1 saturated carbocycles. The smallest absolute Gasteiger partial charge is 0.407 e. The highest BCUT2D eigenvalue weighted by atomic mass is 16.5. The van der Waals surface area contributed by atoms with Gasteiger partial charge in [0.05, 0.1) is 19.1 Å². The van der Waals surface area contributed by atoms with Gasteiger partial charge in [0.1, 0.15) is 0 Å². The van der Waals surface area contributed by atoms with E-state index in [0.29, 0.717) is 0 Å². The number of hydrogen-bond acceptors (Lipinski definition) is 3. The fraction of sp³-hybridized carbons (Fsp3) is 0.778. The second-order valence-corrected chi connectivity index (χ2v) is 3.26. The minimum Gasteiger partial charge on any atom is -0.453 e. The quantitative estimate of drug-likeness (QED) is 0.667. The summed E-state index contributed by atoms with van der Waals surface area (Å²) in [6.45, 7) is 0. The van der Waals surface area contributed by atoms with Gasteiger partial charge in [-0.1, -0.05) is 12.8 Å². The molecule has 1 fully saturated rings. The van der Waals surface area contributed by atoms with Crippen molar-refractivity contribution in [1.82, 2.24) is 5.32 Å².